The van der Waals surface area contributed by atoms with E-state index >= 15 is 0 Å². The predicted molar refractivity (Wildman–Crippen MR) is 72.4 cm³/mol. The summed E-state index contributed by atoms with van der Waals surface area (Å²) in [5.41, 5.74) is -0.0768. The van der Waals surface area contributed by atoms with Crippen molar-refractivity contribution in [3.8, 4) is 5.75 Å². The molecule has 2 aliphatic heterocycles. The highest BCUT2D eigenvalue weighted by Gasteiger charge is 2.42. The number of nitro benzene ring substituents is 1. The van der Waals surface area contributed by atoms with E-state index in [9.17, 15) is 14.9 Å². The van der Waals surface area contributed by atoms with Crippen LogP contribution in [0.5, 0.6) is 5.75 Å². The van der Waals surface area contributed by atoms with Crippen molar-refractivity contribution in [1.82, 2.24) is 0 Å². The zero-order valence-corrected chi connectivity index (χ0v) is 11.7. The average molecular weight is 309 g/mol. The van der Waals surface area contributed by atoms with Gasteiger partial charge in [0, 0.05) is 24.7 Å². The topological polar surface area (TPSA) is 97.1 Å². The van der Waals surface area contributed by atoms with Crippen molar-refractivity contribution >= 4 is 11.8 Å². The first-order valence-corrected chi connectivity index (χ1v) is 6.99. The second-order valence-corrected chi connectivity index (χ2v) is 5.14. The Kier molecular flexibility index (Phi) is 4.21. The summed E-state index contributed by atoms with van der Waals surface area (Å²) in [4.78, 5) is 21.8. The molecule has 0 aromatic heterocycles. The fourth-order valence-corrected chi connectivity index (χ4v) is 2.63. The van der Waals surface area contributed by atoms with Gasteiger partial charge in [-0.05, 0) is 25.0 Å². The quantitative estimate of drug-likeness (QED) is 0.365. The van der Waals surface area contributed by atoms with Gasteiger partial charge < -0.3 is 18.9 Å². The van der Waals surface area contributed by atoms with E-state index < -0.39 is 17.2 Å². The molecule has 0 spiro atoms. The Hall–Kier alpha value is -2.19. The van der Waals surface area contributed by atoms with Crippen LogP contribution in [0, 0.1) is 16.0 Å². The Morgan fingerprint density at radius 3 is 2.77 bits per heavy atom. The van der Waals surface area contributed by atoms with Crippen molar-refractivity contribution in [3.63, 3.8) is 0 Å². The van der Waals surface area contributed by atoms with Gasteiger partial charge in [-0.3, -0.25) is 10.1 Å². The Morgan fingerprint density at radius 2 is 2.05 bits per heavy atom. The van der Waals surface area contributed by atoms with E-state index in [4.69, 9.17) is 18.9 Å². The minimum absolute atomic E-state index is 0.0261. The van der Waals surface area contributed by atoms with Gasteiger partial charge in [0.05, 0.1) is 11.5 Å². The molecule has 0 radical (unpaired) electrons. The SMILES string of the molecule is O=C(Oc1ccc([N+](=O)[O-])cc1)O[C@@H]1CO[C@@H]2OCCC[C@@H]21. The van der Waals surface area contributed by atoms with E-state index in [1.165, 1.54) is 24.3 Å². The first-order chi connectivity index (χ1) is 10.6. The number of nitrogens with zero attached hydrogens (tertiary/aromatic N) is 1. The Morgan fingerprint density at radius 1 is 1.27 bits per heavy atom. The first-order valence-electron chi connectivity index (χ1n) is 6.99. The number of ether oxygens (including phenoxy) is 4. The number of non-ortho nitro benzene ring substituents is 1. The molecular formula is C14H15NO7. The molecule has 0 bridgehead atoms. The number of carbonyl (C=O) groups excluding carboxylic acids is 1. The molecule has 0 N–H and O–H groups in total. The van der Waals surface area contributed by atoms with E-state index in [2.05, 4.69) is 0 Å². The fraction of sp³-hybridized carbons (Fsp3) is 0.500. The van der Waals surface area contributed by atoms with Gasteiger partial charge >= 0.3 is 6.16 Å². The van der Waals surface area contributed by atoms with Crippen LogP contribution in [0.3, 0.4) is 0 Å². The third-order valence-corrected chi connectivity index (χ3v) is 3.71. The summed E-state index contributed by atoms with van der Waals surface area (Å²) in [5.74, 6) is 0.212. The van der Waals surface area contributed by atoms with Crippen LogP contribution in [0.1, 0.15) is 12.8 Å². The molecule has 0 amide bonds. The van der Waals surface area contributed by atoms with Crippen LogP contribution < -0.4 is 4.74 Å². The molecule has 0 aliphatic carbocycles. The van der Waals surface area contributed by atoms with Crippen molar-refractivity contribution in [1.29, 1.82) is 0 Å². The largest absolute Gasteiger partial charge is 0.514 e. The van der Waals surface area contributed by atoms with Crippen LogP contribution in [0.4, 0.5) is 10.5 Å². The molecule has 8 heteroatoms. The minimum atomic E-state index is -0.853. The Labute approximate surface area is 126 Å². The van der Waals surface area contributed by atoms with Gasteiger partial charge in [0.25, 0.3) is 5.69 Å². The molecule has 2 saturated heterocycles. The maximum Gasteiger partial charge on any atom is 0.514 e. The molecule has 8 nitrogen and oxygen atoms in total. The van der Waals surface area contributed by atoms with Crippen LogP contribution in [0.2, 0.25) is 0 Å². The number of benzene rings is 1. The number of fused-ring (bicyclic) bond motifs is 1. The summed E-state index contributed by atoms with van der Waals surface area (Å²) in [7, 11) is 0. The highest BCUT2D eigenvalue weighted by molar-refractivity contribution is 5.64. The summed E-state index contributed by atoms with van der Waals surface area (Å²) in [6.45, 7) is 0.936. The molecule has 0 unspecified atom stereocenters. The van der Waals surface area contributed by atoms with Crippen LogP contribution in [-0.2, 0) is 14.2 Å². The summed E-state index contributed by atoms with van der Waals surface area (Å²) in [6, 6.07) is 5.20. The summed E-state index contributed by atoms with van der Waals surface area (Å²) >= 11 is 0. The summed E-state index contributed by atoms with van der Waals surface area (Å²) in [6.07, 6.45) is 0.220. The molecule has 3 atom stereocenters. The standard InChI is InChI=1S/C14H15NO7/c16-14(21-10-5-3-9(4-6-10)15(17)18)22-12-8-20-13-11(12)2-1-7-19-13/h3-6,11-13H,1-2,7-8H2/t11-,12-,13+/m1/s1. The molecule has 22 heavy (non-hydrogen) atoms. The van der Waals surface area contributed by atoms with Gasteiger partial charge in [0.1, 0.15) is 11.9 Å². The lowest BCUT2D eigenvalue weighted by molar-refractivity contribution is -0.384. The average Bonchev–Trinajstić information content (AvgIpc) is 2.91. The first kappa shape index (κ1) is 14.7. The molecule has 2 aliphatic rings. The highest BCUT2D eigenvalue weighted by atomic mass is 16.7. The zero-order valence-electron chi connectivity index (χ0n) is 11.7. The lowest BCUT2D eigenvalue weighted by atomic mass is 9.97. The number of rotatable bonds is 3. The number of hydrogen-bond acceptors (Lipinski definition) is 7. The van der Waals surface area contributed by atoms with E-state index in [0.717, 1.165) is 12.8 Å². The smallest absolute Gasteiger partial charge is 0.428 e. The molecule has 118 valence electrons. The van der Waals surface area contributed by atoms with Crippen molar-refractivity contribution in [3.05, 3.63) is 34.4 Å². The van der Waals surface area contributed by atoms with Crippen LogP contribution in [-0.4, -0.2) is 36.7 Å². The predicted octanol–water partition coefficient (Wildman–Crippen LogP) is 2.26. The fourth-order valence-electron chi connectivity index (χ4n) is 2.63. The van der Waals surface area contributed by atoms with E-state index in [-0.39, 0.29) is 30.3 Å². The van der Waals surface area contributed by atoms with E-state index in [1.54, 1.807) is 0 Å². The maximum absolute atomic E-state index is 11.8. The molecule has 0 saturated carbocycles. The molecule has 2 heterocycles. The monoisotopic (exact) mass is 309 g/mol. The van der Waals surface area contributed by atoms with Gasteiger partial charge in [-0.1, -0.05) is 0 Å². The van der Waals surface area contributed by atoms with Crippen LogP contribution >= 0.6 is 0 Å². The maximum atomic E-state index is 11.8. The van der Waals surface area contributed by atoms with Crippen molar-refractivity contribution in [2.24, 2.45) is 5.92 Å². The lowest BCUT2D eigenvalue weighted by Crippen LogP contribution is -2.34. The highest BCUT2D eigenvalue weighted by Crippen LogP contribution is 2.32. The Balaban J connectivity index is 1.55. The summed E-state index contributed by atoms with van der Waals surface area (Å²) < 4.78 is 21.2. The van der Waals surface area contributed by atoms with Crippen LogP contribution in [0.15, 0.2) is 24.3 Å². The van der Waals surface area contributed by atoms with Gasteiger partial charge in [-0.2, -0.15) is 0 Å². The number of nitro groups is 1. The second-order valence-electron chi connectivity index (χ2n) is 5.14. The normalized spacial score (nSPS) is 27.0. The molecule has 2 fully saturated rings. The van der Waals surface area contributed by atoms with Crippen molar-refractivity contribution < 1.29 is 28.7 Å². The molecular weight excluding hydrogens is 294 g/mol. The molecule has 1 aromatic carbocycles. The zero-order chi connectivity index (χ0) is 15.5. The number of carbonyl (C=O) groups is 1. The van der Waals surface area contributed by atoms with Gasteiger partial charge in [0.15, 0.2) is 6.29 Å². The number of hydrogen-bond donors (Lipinski definition) is 0. The van der Waals surface area contributed by atoms with Crippen LogP contribution in [0.25, 0.3) is 0 Å². The third kappa shape index (κ3) is 3.18. The van der Waals surface area contributed by atoms with Crippen molar-refractivity contribution in [2.45, 2.75) is 25.2 Å². The van der Waals surface area contributed by atoms with Gasteiger partial charge in [-0.15, -0.1) is 0 Å². The second kappa shape index (κ2) is 6.29. The third-order valence-electron chi connectivity index (χ3n) is 3.71. The molecule has 1 aromatic rings. The molecule has 3 rings (SSSR count). The van der Waals surface area contributed by atoms with Crippen molar-refractivity contribution in [2.75, 3.05) is 13.2 Å². The lowest BCUT2D eigenvalue weighted by Gasteiger charge is -2.26. The van der Waals surface area contributed by atoms with E-state index in [1.807, 2.05) is 0 Å². The Bertz CT molecular complexity index is 559. The summed E-state index contributed by atoms with van der Waals surface area (Å²) in [5, 5.41) is 10.5. The van der Waals surface area contributed by atoms with E-state index in [0.29, 0.717) is 6.61 Å². The van der Waals surface area contributed by atoms with Gasteiger partial charge in [0.2, 0.25) is 0 Å². The minimum Gasteiger partial charge on any atom is -0.428 e. The van der Waals surface area contributed by atoms with Gasteiger partial charge in [-0.25, -0.2) is 4.79 Å².